The lowest BCUT2D eigenvalue weighted by Crippen LogP contribution is -2.36. The second kappa shape index (κ2) is 5.80. The lowest BCUT2D eigenvalue weighted by atomic mass is 10.1. The van der Waals surface area contributed by atoms with Crippen LogP contribution in [0.1, 0.15) is 19.4 Å². The molecule has 4 nitrogen and oxygen atoms in total. The highest BCUT2D eigenvalue weighted by Crippen LogP contribution is 2.13. The number of hydrogen-bond acceptors (Lipinski definition) is 3. The van der Waals surface area contributed by atoms with Gasteiger partial charge in [-0.15, -0.1) is 0 Å². The molecule has 0 radical (unpaired) electrons. The molecule has 0 aliphatic carbocycles. The van der Waals surface area contributed by atoms with Gasteiger partial charge in [0.1, 0.15) is 6.61 Å². The fourth-order valence-corrected chi connectivity index (χ4v) is 1.22. The number of hydrogen-bond donors (Lipinski definition) is 2. The maximum absolute atomic E-state index is 11.7. The van der Waals surface area contributed by atoms with E-state index in [1.807, 2.05) is 45.0 Å². The number of nitrogens with two attached hydrogens (primary N) is 1. The van der Waals surface area contributed by atoms with Gasteiger partial charge in [0.25, 0.3) is 0 Å². The van der Waals surface area contributed by atoms with Crippen LogP contribution < -0.4 is 11.1 Å². The molecule has 0 bridgehead atoms. The van der Waals surface area contributed by atoms with Gasteiger partial charge >= 0.3 is 0 Å². The summed E-state index contributed by atoms with van der Waals surface area (Å²) < 4.78 is 5.42. The molecule has 0 spiro atoms. The van der Waals surface area contributed by atoms with Gasteiger partial charge in [-0.25, -0.2) is 0 Å². The monoisotopic (exact) mass is 236 g/mol. The van der Waals surface area contributed by atoms with E-state index >= 15 is 0 Å². The minimum absolute atomic E-state index is 0.0124. The van der Waals surface area contributed by atoms with Crippen molar-refractivity contribution in [1.82, 2.24) is 0 Å². The quantitative estimate of drug-likeness (QED) is 0.817. The molecule has 0 aliphatic rings. The zero-order chi connectivity index (χ0) is 12.9. The molecule has 1 amide bonds. The third kappa shape index (κ3) is 4.54. The number of para-hydroxylation sites is 1. The Balaban J connectivity index is 2.48. The fraction of sp³-hybridized carbons (Fsp3) is 0.462. The van der Waals surface area contributed by atoms with Crippen molar-refractivity contribution < 1.29 is 9.53 Å². The van der Waals surface area contributed by atoms with Crippen LogP contribution in [-0.4, -0.2) is 24.7 Å². The molecule has 0 saturated heterocycles. The highest BCUT2D eigenvalue weighted by atomic mass is 16.5. The molecule has 1 aromatic rings. The Hall–Kier alpha value is -1.39. The topological polar surface area (TPSA) is 64.3 Å². The highest BCUT2D eigenvalue weighted by molar-refractivity contribution is 5.92. The summed E-state index contributed by atoms with van der Waals surface area (Å²) >= 11 is 0. The average Bonchev–Trinajstić information content (AvgIpc) is 2.30. The molecule has 0 atom stereocenters. The second-order valence-corrected chi connectivity index (χ2v) is 4.62. The van der Waals surface area contributed by atoms with Gasteiger partial charge in [-0.1, -0.05) is 18.2 Å². The first-order chi connectivity index (χ1) is 7.94. The zero-order valence-corrected chi connectivity index (χ0v) is 10.6. The van der Waals surface area contributed by atoms with Gasteiger partial charge in [-0.3, -0.25) is 4.79 Å². The van der Waals surface area contributed by atoms with Crippen molar-refractivity contribution in [1.29, 1.82) is 0 Å². The molecule has 0 aromatic heterocycles. The summed E-state index contributed by atoms with van der Waals surface area (Å²) in [7, 11) is 0. The zero-order valence-electron chi connectivity index (χ0n) is 10.6. The van der Waals surface area contributed by atoms with Crippen molar-refractivity contribution in [2.45, 2.75) is 26.4 Å². The van der Waals surface area contributed by atoms with Crippen LogP contribution in [0.2, 0.25) is 0 Å². The summed E-state index contributed by atoms with van der Waals surface area (Å²) in [6.45, 7) is 6.05. The Morgan fingerprint density at radius 2 is 2.06 bits per heavy atom. The van der Waals surface area contributed by atoms with E-state index in [0.717, 1.165) is 11.3 Å². The van der Waals surface area contributed by atoms with Crippen LogP contribution in [-0.2, 0) is 9.53 Å². The van der Waals surface area contributed by atoms with E-state index < -0.39 is 5.60 Å². The molecule has 1 rings (SSSR count). The summed E-state index contributed by atoms with van der Waals surface area (Å²) in [4.78, 5) is 11.7. The molecule has 0 fully saturated rings. The van der Waals surface area contributed by atoms with Crippen molar-refractivity contribution >= 4 is 11.6 Å². The fourth-order valence-electron chi connectivity index (χ4n) is 1.22. The third-order valence-corrected chi connectivity index (χ3v) is 2.50. The first-order valence-electron chi connectivity index (χ1n) is 5.64. The van der Waals surface area contributed by atoms with E-state index in [0.29, 0.717) is 6.54 Å². The Morgan fingerprint density at radius 1 is 1.41 bits per heavy atom. The van der Waals surface area contributed by atoms with E-state index in [4.69, 9.17) is 10.5 Å². The minimum Gasteiger partial charge on any atom is -0.364 e. The van der Waals surface area contributed by atoms with Gasteiger partial charge in [-0.05, 0) is 32.4 Å². The van der Waals surface area contributed by atoms with Gasteiger partial charge in [0, 0.05) is 12.2 Å². The van der Waals surface area contributed by atoms with E-state index in [1.165, 1.54) is 0 Å². The summed E-state index contributed by atoms with van der Waals surface area (Å²) in [6, 6.07) is 7.62. The van der Waals surface area contributed by atoms with Crippen LogP contribution in [0.4, 0.5) is 5.69 Å². The first-order valence-corrected chi connectivity index (χ1v) is 5.64. The average molecular weight is 236 g/mol. The van der Waals surface area contributed by atoms with Gasteiger partial charge < -0.3 is 15.8 Å². The van der Waals surface area contributed by atoms with Crippen molar-refractivity contribution in [2.24, 2.45) is 5.73 Å². The van der Waals surface area contributed by atoms with Gasteiger partial charge in [0.05, 0.1) is 5.60 Å². The van der Waals surface area contributed by atoms with Gasteiger partial charge in [-0.2, -0.15) is 0 Å². The molecule has 0 aliphatic heterocycles. The predicted octanol–water partition coefficient (Wildman–Crippen LogP) is 1.69. The normalized spacial score (nSPS) is 11.3. The number of amides is 1. The summed E-state index contributed by atoms with van der Waals surface area (Å²) in [5.41, 5.74) is 6.88. The summed E-state index contributed by atoms with van der Waals surface area (Å²) in [6.07, 6.45) is 0. The number of carbonyl (C=O) groups is 1. The molecule has 0 saturated carbocycles. The van der Waals surface area contributed by atoms with Crippen molar-refractivity contribution in [3.63, 3.8) is 0 Å². The SMILES string of the molecule is Cc1ccccc1NC(=O)COC(C)(C)CN. The van der Waals surface area contributed by atoms with Crippen LogP contribution in [0.5, 0.6) is 0 Å². The van der Waals surface area contributed by atoms with Crippen molar-refractivity contribution in [3.8, 4) is 0 Å². The summed E-state index contributed by atoms with van der Waals surface area (Å²) in [5, 5.41) is 2.80. The molecular weight excluding hydrogens is 216 g/mol. The van der Waals surface area contributed by atoms with E-state index in [1.54, 1.807) is 0 Å². The van der Waals surface area contributed by atoms with Crippen molar-refractivity contribution in [2.75, 3.05) is 18.5 Å². The van der Waals surface area contributed by atoms with Crippen LogP contribution >= 0.6 is 0 Å². The first kappa shape index (κ1) is 13.7. The smallest absolute Gasteiger partial charge is 0.250 e. The number of rotatable bonds is 5. The maximum Gasteiger partial charge on any atom is 0.250 e. The molecule has 17 heavy (non-hydrogen) atoms. The Labute approximate surface area is 102 Å². The Kier molecular flexibility index (Phi) is 4.66. The van der Waals surface area contributed by atoms with E-state index in [-0.39, 0.29) is 12.5 Å². The molecule has 0 unspecified atom stereocenters. The third-order valence-electron chi connectivity index (χ3n) is 2.50. The molecule has 3 N–H and O–H groups in total. The van der Waals surface area contributed by atoms with Gasteiger partial charge in [0.15, 0.2) is 0 Å². The Bertz CT molecular complexity index is 389. The maximum atomic E-state index is 11.7. The number of aryl methyl sites for hydroxylation is 1. The lowest BCUT2D eigenvalue weighted by molar-refractivity contribution is -0.125. The van der Waals surface area contributed by atoms with Crippen LogP contribution in [0.3, 0.4) is 0 Å². The van der Waals surface area contributed by atoms with Crippen LogP contribution in [0.25, 0.3) is 0 Å². The van der Waals surface area contributed by atoms with Gasteiger partial charge in [0.2, 0.25) is 5.91 Å². The van der Waals surface area contributed by atoms with E-state index in [9.17, 15) is 4.79 Å². The number of carbonyl (C=O) groups excluding carboxylic acids is 1. The number of benzene rings is 1. The standard InChI is InChI=1S/C13H20N2O2/c1-10-6-4-5-7-11(10)15-12(16)8-17-13(2,3)9-14/h4-7H,8-9,14H2,1-3H3,(H,15,16). The number of ether oxygens (including phenoxy) is 1. The van der Waals surface area contributed by atoms with Crippen LogP contribution in [0, 0.1) is 6.92 Å². The largest absolute Gasteiger partial charge is 0.364 e. The molecule has 4 heteroatoms. The van der Waals surface area contributed by atoms with E-state index in [2.05, 4.69) is 5.32 Å². The number of anilines is 1. The predicted molar refractivity (Wildman–Crippen MR) is 68.9 cm³/mol. The minimum atomic E-state index is -0.469. The highest BCUT2D eigenvalue weighted by Gasteiger charge is 2.17. The second-order valence-electron chi connectivity index (χ2n) is 4.62. The molecule has 1 aromatic carbocycles. The molecule has 0 heterocycles. The summed E-state index contributed by atoms with van der Waals surface area (Å²) in [5.74, 6) is -0.166. The van der Waals surface area contributed by atoms with Crippen LogP contribution in [0.15, 0.2) is 24.3 Å². The van der Waals surface area contributed by atoms with Crippen molar-refractivity contribution in [3.05, 3.63) is 29.8 Å². The molecular formula is C13H20N2O2. The molecule has 94 valence electrons. The lowest BCUT2D eigenvalue weighted by Gasteiger charge is -2.22. The number of nitrogens with one attached hydrogen (secondary N) is 1. The Morgan fingerprint density at radius 3 is 2.65 bits per heavy atom.